The SMILES string of the molecule is NCSc1c[nH]c2cc(C(=O)O)ccc12. The lowest BCUT2D eigenvalue weighted by molar-refractivity contribution is 0.0697. The smallest absolute Gasteiger partial charge is 0.335 e. The van der Waals surface area contributed by atoms with Crippen molar-refractivity contribution in [3.63, 3.8) is 0 Å². The van der Waals surface area contributed by atoms with Crippen LogP contribution in [-0.2, 0) is 0 Å². The molecule has 15 heavy (non-hydrogen) atoms. The predicted octanol–water partition coefficient (Wildman–Crippen LogP) is 1.87. The molecule has 0 aliphatic rings. The van der Waals surface area contributed by atoms with E-state index in [1.807, 2.05) is 6.20 Å². The van der Waals surface area contributed by atoms with E-state index in [-0.39, 0.29) is 5.56 Å². The molecule has 4 N–H and O–H groups in total. The molecule has 0 bridgehead atoms. The number of carboxylic acids is 1. The van der Waals surface area contributed by atoms with E-state index in [1.165, 1.54) is 11.8 Å². The van der Waals surface area contributed by atoms with E-state index in [1.54, 1.807) is 18.2 Å². The number of benzene rings is 1. The number of aromatic nitrogens is 1. The first kappa shape index (κ1) is 10.1. The molecule has 0 radical (unpaired) electrons. The summed E-state index contributed by atoms with van der Waals surface area (Å²) in [7, 11) is 0. The molecule has 1 aromatic carbocycles. The average molecular weight is 222 g/mol. The lowest BCUT2D eigenvalue weighted by atomic mass is 10.2. The van der Waals surface area contributed by atoms with Crippen LogP contribution in [0.25, 0.3) is 10.9 Å². The third-order valence-electron chi connectivity index (χ3n) is 2.13. The summed E-state index contributed by atoms with van der Waals surface area (Å²) in [5, 5.41) is 9.83. The molecular weight excluding hydrogens is 212 g/mol. The van der Waals surface area contributed by atoms with E-state index < -0.39 is 5.97 Å². The number of hydrogen-bond acceptors (Lipinski definition) is 3. The van der Waals surface area contributed by atoms with Crippen molar-refractivity contribution in [3.8, 4) is 0 Å². The minimum absolute atomic E-state index is 0.286. The van der Waals surface area contributed by atoms with Crippen molar-refractivity contribution in [1.29, 1.82) is 0 Å². The Morgan fingerprint density at radius 2 is 2.33 bits per heavy atom. The molecule has 0 aliphatic heterocycles. The Bertz CT molecular complexity index is 507. The number of nitrogens with one attached hydrogen (secondary N) is 1. The standard InChI is InChI=1S/C10H10N2O2S/c11-5-15-9-4-12-8-3-6(10(13)14)1-2-7(8)9/h1-4,12H,5,11H2,(H,13,14). The van der Waals surface area contributed by atoms with Crippen LogP contribution in [0.4, 0.5) is 0 Å². The summed E-state index contributed by atoms with van der Waals surface area (Å²) in [4.78, 5) is 14.8. The molecule has 0 saturated heterocycles. The van der Waals surface area contributed by atoms with Crippen LogP contribution in [0.3, 0.4) is 0 Å². The maximum Gasteiger partial charge on any atom is 0.335 e. The first-order valence-electron chi connectivity index (χ1n) is 4.39. The van der Waals surface area contributed by atoms with E-state index >= 15 is 0 Å². The molecule has 4 nitrogen and oxygen atoms in total. The summed E-state index contributed by atoms with van der Waals surface area (Å²) in [6.07, 6.45) is 1.84. The van der Waals surface area contributed by atoms with Crippen LogP contribution in [0.15, 0.2) is 29.3 Å². The zero-order chi connectivity index (χ0) is 10.8. The molecule has 0 fully saturated rings. The summed E-state index contributed by atoms with van der Waals surface area (Å²) in [6, 6.07) is 5.02. The van der Waals surface area contributed by atoms with Gasteiger partial charge in [0.05, 0.1) is 5.56 Å². The van der Waals surface area contributed by atoms with Crippen LogP contribution in [0.5, 0.6) is 0 Å². The Hall–Kier alpha value is -1.46. The third-order valence-corrected chi connectivity index (χ3v) is 2.95. The minimum atomic E-state index is -0.917. The quantitative estimate of drug-likeness (QED) is 0.547. The van der Waals surface area contributed by atoms with Crippen LogP contribution in [0.2, 0.25) is 0 Å². The number of H-pyrrole nitrogens is 1. The molecule has 2 rings (SSSR count). The van der Waals surface area contributed by atoms with Gasteiger partial charge >= 0.3 is 5.97 Å². The van der Waals surface area contributed by atoms with E-state index in [4.69, 9.17) is 10.8 Å². The van der Waals surface area contributed by atoms with E-state index in [0.717, 1.165) is 15.8 Å². The van der Waals surface area contributed by atoms with E-state index in [0.29, 0.717) is 5.88 Å². The Kier molecular flexibility index (Phi) is 2.66. The fraction of sp³-hybridized carbons (Fsp3) is 0.100. The second-order valence-electron chi connectivity index (χ2n) is 3.03. The fourth-order valence-corrected chi connectivity index (χ4v) is 2.10. The zero-order valence-electron chi connectivity index (χ0n) is 7.86. The van der Waals surface area contributed by atoms with Gasteiger partial charge in [0, 0.05) is 27.9 Å². The zero-order valence-corrected chi connectivity index (χ0v) is 8.67. The second-order valence-corrected chi connectivity index (χ2v) is 4.09. The van der Waals surface area contributed by atoms with Crippen molar-refractivity contribution in [1.82, 2.24) is 4.98 Å². The molecule has 78 valence electrons. The summed E-state index contributed by atoms with van der Waals surface area (Å²) < 4.78 is 0. The van der Waals surface area contributed by atoms with Gasteiger partial charge < -0.3 is 15.8 Å². The number of hydrogen-bond donors (Lipinski definition) is 3. The highest BCUT2D eigenvalue weighted by Crippen LogP contribution is 2.27. The Balaban J connectivity index is 2.51. The number of aromatic amines is 1. The van der Waals surface area contributed by atoms with Crippen molar-refractivity contribution >= 4 is 28.6 Å². The van der Waals surface area contributed by atoms with Gasteiger partial charge in [-0.3, -0.25) is 0 Å². The lowest BCUT2D eigenvalue weighted by Crippen LogP contribution is -1.95. The third kappa shape index (κ3) is 1.84. The summed E-state index contributed by atoms with van der Waals surface area (Å²) in [5.41, 5.74) is 6.55. The fourth-order valence-electron chi connectivity index (χ4n) is 1.44. The van der Waals surface area contributed by atoms with Crippen LogP contribution in [0.1, 0.15) is 10.4 Å². The van der Waals surface area contributed by atoms with Crippen molar-refractivity contribution in [2.75, 3.05) is 5.88 Å². The monoisotopic (exact) mass is 222 g/mol. The molecule has 1 aromatic heterocycles. The number of carbonyl (C=O) groups is 1. The van der Waals surface area contributed by atoms with Gasteiger partial charge in [0.1, 0.15) is 0 Å². The van der Waals surface area contributed by atoms with Crippen LogP contribution in [0, 0.1) is 0 Å². The molecule has 0 amide bonds. The molecular formula is C10H10N2O2S. The number of aromatic carboxylic acids is 1. The van der Waals surface area contributed by atoms with Gasteiger partial charge in [-0.05, 0) is 12.1 Å². The van der Waals surface area contributed by atoms with Gasteiger partial charge in [0.15, 0.2) is 0 Å². The van der Waals surface area contributed by atoms with Gasteiger partial charge in [0.25, 0.3) is 0 Å². The lowest BCUT2D eigenvalue weighted by Gasteiger charge is -1.97. The van der Waals surface area contributed by atoms with Gasteiger partial charge in [0.2, 0.25) is 0 Å². The maximum atomic E-state index is 10.7. The maximum absolute atomic E-state index is 10.7. The predicted molar refractivity (Wildman–Crippen MR) is 60.2 cm³/mol. The molecule has 2 aromatic rings. The average Bonchev–Trinajstić information content (AvgIpc) is 2.61. The second kappa shape index (κ2) is 3.96. The molecule has 0 unspecified atom stereocenters. The van der Waals surface area contributed by atoms with Gasteiger partial charge in [-0.1, -0.05) is 6.07 Å². The molecule has 0 atom stereocenters. The molecule has 0 aliphatic carbocycles. The van der Waals surface area contributed by atoms with Crippen molar-refractivity contribution in [2.45, 2.75) is 4.90 Å². The Morgan fingerprint density at radius 3 is 3.00 bits per heavy atom. The van der Waals surface area contributed by atoms with E-state index in [2.05, 4.69) is 4.98 Å². The van der Waals surface area contributed by atoms with Crippen LogP contribution in [-0.4, -0.2) is 21.9 Å². The topological polar surface area (TPSA) is 79.1 Å². The highest BCUT2D eigenvalue weighted by molar-refractivity contribution is 7.99. The Labute approximate surface area is 90.5 Å². The minimum Gasteiger partial charge on any atom is -0.478 e. The molecule has 0 spiro atoms. The Morgan fingerprint density at radius 1 is 1.53 bits per heavy atom. The molecule has 5 heteroatoms. The number of nitrogens with two attached hydrogens (primary N) is 1. The number of carboxylic acid groups (broad SMARTS) is 1. The highest BCUT2D eigenvalue weighted by Gasteiger charge is 2.07. The van der Waals surface area contributed by atoms with Crippen LogP contribution >= 0.6 is 11.8 Å². The summed E-state index contributed by atoms with van der Waals surface area (Å²) in [5.74, 6) is -0.410. The highest BCUT2D eigenvalue weighted by atomic mass is 32.2. The van der Waals surface area contributed by atoms with Crippen molar-refractivity contribution in [3.05, 3.63) is 30.0 Å². The molecule has 0 saturated carbocycles. The number of fused-ring (bicyclic) bond motifs is 1. The first-order valence-corrected chi connectivity index (χ1v) is 5.38. The summed E-state index contributed by atoms with van der Waals surface area (Å²) >= 11 is 1.52. The largest absolute Gasteiger partial charge is 0.478 e. The molecule has 1 heterocycles. The number of thioether (sulfide) groups is 1. The van der Waals surface area contributed by atoms with Gasteiger partial charge in [-0.2, -0.15) is 0 Å². The number of rotatable bonds is 3. The van der Waals surface area contributed by atoms with Gasteiger partial charge in [-0.15, -0.1) is 11.8 Å². The first-order chi connectivity index (χ1) is 7.22. The van der Waals surface area contributed by atoms with Crippen molar-refractivity contribution < 1.29 is 9.90 Å². The van der Waals surface area contributed by atoms with E-state index in [9.17, 15) is 4.79 Å². The van der Waals surface area contributed by atoms with Crippen LogP contribution < -0.4 is 5.73 Å². The van der Waals surface area contributed by atoms with Crippen molar-refractivity contribution in [2.24, 2.45) is 5.73 Å². The van der Waals surface area contributed by atoms with Gasteiger partial charge in [-0.25, -0.2) is 4.79 Å². The normalized spacial score (nSPS) is 10.7. The summed E-state index contributed by atoms with van der Waals surface area (Å²) in [6.45, 7) is 0.